The van der Waals surface area contributed by atoms with Crippen LogP contribution < -0.4 is 10.6 Å². The molecule has 1 aromatic carbocycles. The minimum Gasteiger partial charge on any atom is -0.459 e. The highest BCUT2D eigenvalue weighted by molar-refractivity contribution is 6.38. The zero-order chi connectivity index (χ0) is 17.6. The SMILES string of the molecule is CNC(=O)c1cc(Cl)cc(NC=C(C#N)C(=O)OC(C)C)c1Cl. The van der Waals surface area contributed by atoms with Gasteiger partial charge in [-0.05, 0) is 26.0 Å². The van der Waals surface area contributed by atoms with Crippen molar-refractivity contribution in [1.82, 2.24) is 5.32 Å². The molecule has 0 unspecified atom stereocenters. The number of rotatable bonds is 5. The molecule has 0 fully saturated rings. The van der Waals surface area contributed by atoms with E-state index in [-0.39, 0.29) is 33.0 Å². The van der Waals surface area contributed by atoms with Crippen LogP contribution in [0.1, 0.15) is 24.2 Å². The Bertz CT molecular complexity index is 694. The average molecular weight is 356 g/mol. The molecule has 1 aromatic rings. The van der Waals surface area contributed by atoms with Gasteiger partial charge in [-0.3, -0.25) is 4.79 Å². The second-order valence-corrected chi connectivity index (χ2v) is 5.48. The standard InChI is InChI=1S/C15H15Cl2N3O3/c1-8(2)23-15(22)9(6-18)7-20-12-5-10(16)4-11(13(12)17)14(21)19-3/h4-5,7-8,20H,1-3H3,(H,19,21). The van der Waals surface area contributed by atoms with Crippen molar-refractivity contribution in [2.75, 3.05) is 12.4 Å². The van der Waals surface area contributed by atoms with E-state index in [1.165, 1.54) is 19.2 Å². The van der Waals surface area contributed by atoms with E-state index in [0.29, 0.717) is 0 Å². The normalized spacial score (nSPS) is 10.9. The second-order valence-electron chi connectivity index (χ2n) is 4.66. The predicted octanol–water partition coefficient (Wildman–Crippen LogP) is 3.12. The summed E-state index contributed by atoms with van der Waals surface area (Å²) in [5, 5.41) is 14.5. The van der Waals surface area contributed by atoms with Crippen molar-refractivity contribution in [2.45, 2.75) is 20.0 Å². The van der Waals surface area contributed by atoms with Gasteiger partial charge in [-0.15, -0.1) is 0 Å². The van der Waals surface area contributed by atoms with Crippen molar-refractivity contribution in [1.29, 1.82) is 5.26 Å². The number of nitrogens with zero attached hydrogens (tertiary/aromatic N) is 1. The summed E-state index contributed by atoms with van der Waals surface area (Å²) < 4.78 is 4.93. The van der Waals surface area contributed by atoms with Gasteiger partial charge in [0.15, 0.2) is 5.57 Å². The van der Waals surface area contributed by atoms with Crippen LogP contribution in [0.15, 0.2) is 23.9 Å². The lowest BCUT2D eigenvalue weighted by molar-refractivity contribution is -0.142. The van der Waals surface area contributed by atoms with Gasteiger partial charge in [0, 0.05) is 18.3 Å². The maximum Gasteiger partial charge on any atom is 0.350 e. The monoisotopic (exact) mass is 355 g/mol. The minimum atomic E-state index is -0.764. The van der Waals surface area contributed by atoms with Crippen molar-refractivity contribution >= 4 is 40.8 Å². The van der Waals surface area contributed by atoms with E-state index in [1.54, 1.807) is 19.9 Å². The van der Waals surface area contributed by atoms with E-state index in [0.717, 1.165) is 6.20 Å². The van der Waals surface area contributed by atoms with Crippen LogP contribution in [-0.4, -0.2) is 25.0 Å². The van der Waals surface area contributed by atoms with E-state index in [1.807, 2.05) is 0 Å². The van der Waals surface area contributed by atoms with Crippen molar-refractivity contribution < 1.29 is 14.3 Å². The predicted molar refractivity (Wildman–Crippen MR) is 88.4 cm³/mol. The lowest BCUT2D eigenvalue weighted by Gasteiger charge is -2.11. The minimum absolute atomic E-state index is 0.111. The van der Waals surface area contributed by atoms with Gasteiger partial charge >= 0.3 is 5.97 Å². The van der Waals surface area contributed by atoms with Crippen LogP contribution in [-0.2, 0) is 9.53 Å². The first-order valence-corrected chi connectivity index (χ1v) is 7.34. The largest absolute Gasteiger partial charge is 0.459 e. The molecule has 0 spiro atoms. The fourth-order valence-corrected chi connectivity index (χ4v) is 2.03. The van der Waals surface area contributed by atoms with E-state index in [4.69, 9.17) is 33.2 Å². The van der Waals surface area contributed by atoms with Gasteiger partial charge in [0.25, 0.3) is 5.91 Å². The third-order valence-electron chi connectivity index (χ3n) is 2.56. The Balaban J connectivity index is 3.11. The van der Waals surface area contributed by atoms with Gasteiger partial charge in [0.05, 0.1) is 22.4 Å². The topological polar surface area (TPSA) is 91.2 Å². The molecular formula is C15H15Cl2N3O3. The molecule has 0 radical (unpaired) electrons. The average Bonchev–Trinajstić information content (AvgIpc) is 2.49. The Morgan fingerprint density at radius 1 is 1.35 bits per heavy atom. The maximum atomic E-state index is 11.7. The van der Waals surface area contributed by atoms with E-state index in [2.05, 4.69) is 10.6 Å². The molecule has 122 valence electrons. The molecule has 0 aliphatic heterocycles. The highest BCUT2D eigenvalue weighted by Crippen LogP contribution is 2.30. The fourth-order valence-electron chi connectivity index (χ4n) is 1.56. The van der Waals surface area contributed by atoms with Gasteiger partial charge in [-0.1, -0.05) is 23.2 Å². The zero-order valence-electron chi connectivity index (χ0n) is 12.7. The number of nitrogens with one attached hydrogen (secondary N) is 2. The number of carbonyl (C=O) groups excluding carboxylic acids is 2. The molecule has 0 atom stereocenters. The summed E-state index contributed by atoms with van der Waals surface area (Å²) in [6.45, 7) is 3.34. The zero-order valence-corrected chi connectivity index (χ0v) is 14.2. The van der Waals surface area contributed by atoms with Crippen LogP contribution in [0.3, 0.4) is 0 Å². The van der Waals surface area contributed by atoms with Crippen molar-refractivity contribution in [3.8, 4) is 6.07 Å². The Hall–Kier alpha value is -2.23. The van der Waals surface area contributed by atoms with Gasteiger partial charge in [-0.25, -0.2) is 4.79 Å². The molecule has 1 amide bonds. The fraction of sp³-hybridized carbons (Fsp3) is 0.267. The molecule has 2 N–H and O–H groups in total. The summed E-state index contributed by atoms with van der Waals surface area (Å²) in [6, 6.07) is 4.61. The molecule has 0 aliphatic carbocycles. The Kier molecular flexibility index (Phi) is 6.89. The number of benzene rings is 1. The van der Waals surface area contributed by atoms with Gasteiger partial charge in [0.1, 0.15) is 6.07 Å². The van der Waals surface area contributed by atoms with Crippen LogP contribution >= 0.6 is 23.2 Å². The number of ether oxygens (including phenoxy) is 1. The number of amides is 1. The van der Waals surface area contributed by atoms with E-state index >= 15 is 0 Å². The Morgan fingerprint density at radius 3 is 2.52 bits per heavy atom. The maximum absolute atomic E-state index is 11.7. The summed E-state index contributed by atoms with van der Waals surface area (Å²) in [4.78, 5) is 23.4. The van der Waals surface area contributed by atoms with Crippen LogP contribution in [0.2, 0.25) is 10.0 Å². The van der Waals surface area contributed by atoms with Crippen LogP contribution in [0.5, 0.6) is 0 Å². The molecule has 8 heteroatoms. The van der Waals surface area contributed by atoms with Crippen LogP contribution in [0.4, 0.5) is 5.69 Å². The highest BCUT2D eigenvalue weighted by atomic mass is 35.5. The molecule has 0 heterocycles. The molecular weight excluding hydrogens is 341 g/mol. The summed E-state index contributed by atoms with van der Waals surface area (Å²) in [5.74, 6) is -1.18. The van der Waals surface area contributed by atoms with Gasteiger partial charge in [-0.2, -0.15) is 5.26 Å². The summed E-state index contributed by atoms with van der Waals surface area (Å²) >= 11 is 12.1. The number of esters is 1. The third-order valence-corrected chi connectivity index (χ3v) is 3.19. The summed E-state index contributed by atoms with van der Waals surface area (Å²) in [7, 11) is 1.46. The summed E-state index contributed by atoms with van der Waals surface area (Å²) in [5.41, 5.74) is 0.208. The molecule has 0 saturated carbocycles. The molecule has 23 heavy (non-hydrogen) atoms. The molecule has 0 aliphatic rings. The lowest BCUT2D eigenvalue weighted by Crippen LogP contribution is -2.18. The van der Waals surface area contributed by atoms with Crippen molar-refractivity contribution in [2.24, 2.45) is 0 Å². The molecule has 1 rings (SSSR count). The first-order chi connectivity index (χ1) is 10.8. The first kappa shape index (κ1) is 18.8. The molecule has 0 aromatic heterocycles. The number of hydrogen-bond acceptors (Lipinski definition) is 5. The van der Waals surface area contributed by atoms with Crippen molar-refractivity contribution in [3.05, 3.63) is 39.5 Å². The third kappa shape index (κ3) is 5.16. The quantitative estimate of drug-likeness (QED) is 0.481. The molecule has 0 bridgehead atoms. The Morgan fingerprint density at radius 2 is 2.00 bits per heavy atom. The van der Waals surface area contributed by atoms with Gasteiger partial charge in [0.2, 0.25) is 0 Å². The van der Waals surface area contributed by atoms with E-state index < -0.39 is 11.9 Å². The van der Waals surface area contributed by atoms with Crippen LogP contribution in [0.25, 0.3) is 0 Å². The number of nitriles is 1. The first-order valence-electron chi connectivity index (χ1n) is 6.59. The lowest BCUT2D eigenvalue weighted by atomic mass is 10.2. The van der Waals surface area contributed by atoms with Gasteiger partial charge < -0.3 is 15.4 Å². The second kappa shape index (κ2) is 8.42. The number of carbonyl (C=O) groups is 2. The number of hydrogen-bond donors (Lipinski definition) is 2. The smallest absolute Gasteiger partial charge is 0.350 e. The molecule has 0 saturated heterocycles. The van der Waals surface area contributed by atoms with E-state index in [9.17, 15) is 9.59 Å². The highest BCUT2D eigenvalue weighted by Gasteiger charge is 2.16. The van der Waals surface area contributed by atoms with Crippen molar-refractivity contribution in [3.63, 3.8) is 0 Å². The molecule has 6 nitrogen and oxygen atoms in total. The number of halogens is 2. The number of anilines is 1. The Labute approximate surface area is 144 Å². The summed E-state index contributed by atoms with van der Waals surface area (Å²) in [6.07, 6.45) is 0.796. The van der Waals surface area contributed by atoms with Crippen LogP contribution in [0, 0.1) is 11.3 Å².